The summed E-state index contributed by atoms with van der Waals surface area (Å²) >= 11 is 3.53. The molecule has 0 aliphatic rings. The molecule has 6 rings (SSSR count). The third kappa shape index (κ3) is 7.69. The quantitative estimate of drug-likeness (QED) is 0.139. The monoisotopic (exact) mass is 604 g/mol. The van der Waals surface area contributed by atoms with Crippen LogP contribution < -0.4 is 0 Å². The van der Waals surface area contributed by atoms with Gasteiger partial charge in [0.1, 0.15) is 0 Å². The Balaban J connectivity index is 0.00000196. The molecule has 0 radical (unpaired) electrons. The SMILES string of the molecule is CC/C=C(\C=NC)c1cc(-c2cccnc2)cc(-c2cccc(-c3cc(-c4cccnc4)cc(-c4cccnc4)c3)c2)c1.CS. The van der Waals surface area contributed by atoms with E-state index in [2.05, 4.69) is 124 Å². The zero-order valence-electron chi connectivity index (χ0n) is 25.8. The van der Waals surface area contributed by atoms with Crippen LogP contribution >= 0.6 is 12.6 Å². The summed E-state index contributed by atoms with van der Waals surface area (Å²) in [7, 11) is 1.82. The van der Waals surface area contributed by atoms with Crippen LogP contribution in [0.25, 0.3) is 61.2 Å². The van der Waals surface area contributed by atoms with E-state index in [0.29, 0.717) is 0 Å². The average Bonchev–Trinajstić information content (AvgIpc) is 3.13. The van der Waals surface area contributed by atoms with E-state index in [1.54, 1.807) is 18.6 Å². The molecule has 3 heterocycles. The molecule has 3 aromatic heterocycles. The molecular formula is C40H36N4S. The van der Waals surface area contributed by atoms with E-state index in [1.807, 2.05) is 56.2 Å². The fraction of sp³-hybridized carbons (Fsp3) is 0.100. The lowest BCUT2D eigenvalue weighted by molar-refractivity contribution is 1.23. The van der Waals surface area contributed by atoms with Gasteiger partial charge in [-0.05, 0) is 123 Å². The van der Waals surface area contributed by atoms with Crippen LogP contribution in [-0.4, -0.2) is 34.5 Å². The molecule has 0 spiro atoms. The largest absolute Gasteiger partial charge is 0.296 e. The van der Waals surface area contributed by atoms with Crippen molar-refractivity contribution in [2.75, 3.05) is 13.3 Å². The van der Waals surface area contributed by atoms with Crippen LogP contribution in [0.4, 0.5) is 0 Å². The van der Waals surface area contributed by atoms with Crippen molar-refractivity contribution < 1.29 is 0 Å². The van der Waals surface area contributed by atoms with Gasteiger partial charge < -0.3 is 0 Å². The average molecular weight is 605 g/mol. The zero-order chi connectivity index (χ0) is 31.4. The summed E-state index contributed by atoms with van der Waals surface area (Å²) < 4.78 is 0. The summed E-state index contributed by atoms with van der Waals surface area (Å²) in [5.74, 6) is 0. The molecule has 222 valence electrons. The number of aromatic nitrogens is 3. The van der Waals surface area contributed by atoms with Crippen LogP contribution in [0, 0.1) is 0 Å². The molecule has 0 fully saturated rings. The first kappa shape index (κ1) is 31.3. The minimum absolute atomic E-state index is 0.926. The number of nitrogens with zero attached hydrogens (tertiary/aromatic N) is 4. The number of rotatable bonds is 8. The van der Waals surface area contributed by atoms with Crippen molar-refractivity contribution in [1.29, 1.82) is 0 Å². The first-order valence-corrected chi connectivity index (χ1v) is 15.8. The Morgan fingerprint density at radius 1 is 0.556 bits per heavy atom. The highest BCUT2D eigenvalue weighted by atomic mass is 32.1. The third-order valence-corrected chi connectivity index (χ3v) is 7.41. The number of aliphatic imine (C=N–C) groups is 1. The van der Waals surface area contributed by atoms with Crippen molar-refractivity contribution in [1.82, 2.24) is 15.0 Å². The standard InChI is InChI=1S/C39H32N4.CH4S/c1-3-8-30(24-40-2)36-18-34(19-37(22-36)31-11-5-14-41-25-31)28-9-4-10-29(17-28)35-20-38(32-12-6-15-42-26-32)23-39(21-35)33-13-7-16-43-27-33;1-2/h4-27H,3H2,1-2H3;2H,1H3/b30-8+,40-24?;. The van der Waals surface area contributed by atoms with E-state index in [-0.39, 0.29) is 0 Å². The number of hydrogen-bond acceptors (Lipinski definition) is 5. The predicted molar refractivity (Wildman–Crippen MR) is 195 cm³/mol. The van der Waals surface area contributed by atoms with E-state index in [9.17, 15) is 0 Å². The van der Waals surface area contributed by atoms with Crippen molar-refractivity contribution >= 4 is 24.4 Å². The van der Waals surface area contributed by atoms with Crippen LogP contribution in [0.1, 0.15) is 18.9 Å². The second-order valence-electron chi connectivity index (χ2n) is 10.4. The first-order valence-electron chi connectivity index (χ1n) is 14.9. The van der Waals surface area contributed by atoms with Crippen LogP contribution in [-0.2, 0) is 0 Å². The van der Waals surface area contributed by atoms with Crippen molar-refractivity contribution in [3.8, 4) is 55.6 Å². The Hall–Kier alpha value is -5.13. The molecule has 0 atom stereocenters. The van der Waals surface area contributed by atoms with Crippen molar-refractivity contribution in [3.05, 3.63) is 146 Å². The Kier molecular flexibility index (Phi) is 10.8. The topological polar surface area (TPSA) is 51.0 Å². The minimum atomic E-state index is 0.926. The molecular weight excluding hydrogens is 569 g/mol. The van der Waals surface area contributed by atoms with Gasteiger partial charge in [0.25, 0.3) is 0 Å². The number of pyridine rings is 3. The number of benzene rings is 3. The highest BCUT2D eigenvalue weighted by Crippen LogP contribution is 2.36. The van der Waals surface area contributed by atoms with Gasteiger partial charge in [-0.25, -0.2) is 0 Å². The lowest BCUT2D eigenvalue weighted by atomic mass is 9.91. The van der Waals surface area contributed by atoms with Gasteiger partial charge in [0.15, 0.2) is 0 Å². The van der Waals surface area contributed by atoms with Gasteiger partial charge in [0, 0.05) is 67.1 Å². The molecule has 6 aromatic rings. The van der Waals surface area contributed by atoms with Gasteiger partial charge in [-0.1, -0.05) is 49.4 Å². The van der Waals surface area contributed by atoms with Crippen molar-refractivity contribution in [2.24, 2.45) is 4.99 Å². The molecule has 0 saturated heterocycles. The van der Waals surface area contributed by atoms with Crippen LogP contribution in [0.15, 0.2) is 145 Å². The third-order valence-electron chi connectivity index (χ3n) is 7.41. The van der Waals surface area contributed by atoms with Gasteiger partial charge in [-0.2, -0.15) is 12.6 Å². The Bertz CT molecular complexity index is 1840. The Morgan fingerprint density at radius 2 is 0.933 bits per heavy atom. The second kappa shape index (κ2) is 15.6. The maximum atomic E-state index is 4.38. The molecule has 4 nitrogen and oxygen atoms in total. The van der Waals surface area contributed by atoms with Gasteiger partial charge in [0.2, 0.25) is 0 Å². The molecule has 5 heteroatoms. The van der Waals surface area contributed by atoms with Gasteiger partial charge in [-0.3, -0.25) is 19.9 Å². The summed E-state index contributed by atoms with van der Waals surface area (Å²) in [6, 6.07) is 34.4. The van der Waals surface area contributed by atoms with Crippen LogP contribution in [0.5, 0.6) is 0 Å². The van der Waals surface area contributed by atoms with E-state index >= 15 is 0 Å². The van der Waals surface area contributed by atoms with E-state index in [0.717, 1.165) is 73.2 Å². The molecule has 0 N–H and O–H groups in total. The van der Waals surface area contributed by atoms with Gasteiger partial charge in [0.05, 0.1) is 0 Å². The Morgan fingerprint density at radius 3 is 1.33 bits per heavy atom. The summed E-state index contributed by atoms with van der Waals surface area (Å²) in [4.78, 5) is 17.5. The summed E-state index contributed by atoms with van der Waals surface area (Å²) in [5, 5.41) is 0. The molecule has 45 heavy (non-hydrogen) atoms. The fourth-order valence-corrected chi connectivity index (χ4v) is 5.34. The number of hydrogen-bond donors (Lipinski definition) is 1. The number of thiol groups is 1. The van der Waals surface area contributed by atoms with Gasteiger partial charge >= 0.3 is 0 Å². The highest BCUT2D eigenvalue weighted by Gasteiger charge is 2.12. The van der Waals surface area contributed by atoms with Crippen molar-refractivity contribution in [3.63, 3.8) is 0 Å². The first-order chi connectivity index (χ1) is 22.2. The summed E-state index contributed by atoms with van der Waals surface area (Å²) in [6.07, 6.45) is 17.9. The molecule has 0 aliphatic carbocycles. The second-order valence-corrected chi connectivity index (χ2v) is 10.4. The normalized spacial score (nSPS) is 11.2. The molecule has 0 bridgehead atoms. The van der Waals surface area contributed by atoms with Crippen LogP contribution in [0.3, 0.4) is 0 Å². The predicted octanol–water partition coefficient (Wildman–Crippen LogP) is 10.2. The lowest BCUT2D eigenvalue weighted by Gasteiger charge is -2.14. The summed E-state index contributed by atoms with van der Waals surface area (Å²) in [5.41, 5.74) is 13.4. The van der Waals surface area contributed by atoms with E-state index < -0.39 is 0 Å². The Labute approximate surface area is 271 Å². The molecule has 0 amide bonds. The number of allylic oxidation sites excluding steroid dienone is 2. The maximum Gasteiger partial charge on any atom is 0.0346 e. The molecule has 0 aliphatic heterocycles. The van der Waals surface area contributed by atoms with Crippen LogP contribution in [0.2, 0.25) is 0 Å². The highest BCUT2D eigenvalue weighted by molar-refractivity contribution is 7.79. The minimum Gasteiger partial charge on any atom is -0.296 e. The zero-order valence-corrected chi connectivity index (χ0v) is 26.7. The van der Waals surface area contributed by atoms with E-state index in [1.165, 1.54) is 0 Å². The smallest absolute Gasteiger partial charge is 0.0346 e. The molecule has 3 aromatic carbocycles. The molecule has 0 saturated carbocycles. The van der Waals surface area contributed by atoms with Crippen molar-refractivity contribution in [2.45, 2.75) is 13.3 Å². The lowest BCUT2D eigenvalue weighted by Crippen LogP contribution is -1.92. The van der Waals surface area contributed by atoms with E-state index in [4.69, 9.17) is 0 Å². The maximum absolute atomic E-state index is 4.38. The van der Waals surface area contributed by atoms with Gasteiger partial charge in [-0.15, -0.1) is 0 Å². The summed E-state index contributed by atoms with van der Waals surface area (Å²) in [6.45, 7) is 2.15. The molecule has 0 unspecified atom stereocenters. The fourth-order valence-electron chi connectivity index (χ4n) is 5.34.